The third-order valence-corrected chi connectivity index (χ3v) is 0.822. The van der Waals surface area contributed by atoms with Gasteiger partial charge in [0, 0.05) is 7.11 Å². The van der Waals surface area contributed by atoms with Crippen LogP contribution in [0.1, 0.15) is 2.85 Å². The molecule has 0 heterocycles. The average molecular weight is 152 g/mol. The van der Waals surface area contributed by atoms with Crippen LogP contribution in [0.25, 0.3) is 0 Å². The van der Waals surface area contributed by atoms with Gasteiger partial charge in [-0.15, -0.1) is 0 Å². The van der Waals surface area contributed by atoms with Crippen LogP contribution in [0.2, 0.25) is 0 Å². The third-order valence-electron chi connectivity index (χ3n) is 0.274. The van der Waals surface area contributed by atoms with Crippen LogP contribution in [0.3, 0.4) is 0 Å². The molecular formula is CH8CaO4Si. The summed E-state index contributed by atoms with van der Waals surface area (Å²) >= 11 is 0. The summed E-state index contributed by atoms with van der Waals surface area (Å²) in [4.78, 5) is 23.6. The zero-order chi connectivity index (χ0) is 5.21. The Morgan fingerprint density at radius 1 is 1.43 bits per heavy atom. The Morgan fingerprint density at radius 2 is 1.57 bits per heavy atom. The molecule has 4 nitrogen and oxygen atoms in total. The average Bonchev–Trinajstić information content (AvgIpc) is 1.35. The first kappa shape index (κ1) is 11.2. The van der Waals surface area contributed by atoms with Gasteiger partial charge in [0.25, 0.3) is 0 Å². The molecule has 0 bridgehead atoms. The molecule has 0 aliphatic heterocycles. The van der Waals surface area contributed by atoms with Gasteiger partial charge in [0.1, 0.15) is 0 Å². The van der Waals surface area contributed by atoms with Gasteiger partial charge >= 0.3 is 46.8 Å². The van der Waals surface area contributed by atoms with Gasteiger partial charge in [0.2, 0.25) is 0 Å². The van der Waals surface area contributed by atoms with E-state index in [1.54, 1.807) is 0 Å². The minimum absolute atomic E-state index is 0. The van der Waals surface area contributed by atoms with E-state index >= 15 is 0 Å². The van der Waals surface area contributed by atoms with Crippen molar-refractivity contribution in [3.05, 3.63) is 0 Å². The van der Waals surface area contributed by atoms with E-state index in [0.717, 1.165) is 7.11 Å². The van der Waals surface area contributed by atoms with Crippen LogP contribution in [0.4, 0.5) is 0 Å². The summed E-state index contributed by atoms with van der Waals surface area (Å²) in [5, 5.41) is 0. The van der Waals surface area contributed by atoms with E-state index in [1.165, 1.54) is 0 Å². The van der Waals surface area contributed by atoms with Crippen LogP contribution < -0.4 is 0 Å². The molecule has 0 aromatic heterocycles. The monoisotopic (exact) mass is 152 g/mol. The Balaban J connectivity index is -0.0000000417. The first-order valence-electron chi connectivity index (χ1n) is 1.28. The molecule has 7 heavy (non-hydrogen) atoms. The van der Waals surface area contributed by atoms with E-state index in [9.17, 15) is 0 Å². The summed E-state index contributed by atoms with van der Waals surface area (Å²) in [6.07, 6.45) is 0. The number of rotatable bonds is 1. The van der Waals surface area contributed by atoms with Gasteiger partial charge in [-0.25, -0.2) is 0 Å². The number of hydrogen-bond acceptors (Lipinski definition) is 4. The minimum Gasteiger partial charge on any atom is -1.00 e. The van der Waals surface area contributed by atoms with Gasteiger partial charge in [0.15, 0.2) is 0 Å². The summed E-state index contributed by atoms with van der Waals surface area (Å²) in [5.41, 5.74) is 0. The molecule has 0 aliphatic rings. The molecule has 0 radical (unpaired) electrons. The predicted octanol–water partition coefficient (Wildman–Crippen LogP) is -2.11. The second kappa shape index (κ2) is 4.22. The second-order valence-electron chi connectivity index (χ2n) is 0.778. The summed E-state index contributed by atoms with van der Waals surface area (Å²) in [7, 11) is -3.11. The fourth-order valence-corrected chi connectivity index (χ4v) is 0. The maximum Gasteiger partial charge on any atom is 2.00 e. The van der Waals surface area contributed by atoms with Gasteiger partial charge in [-0.3, -0.25) is 0 Å². The summed E-state index contributed by atoms with van der Waals surface area (Å²) in [5.74, 6) is 0. The Kier molecular flexibility index (Phi) is 6.73. The molecule has 0 atom stereocenters. The first-order chi connectivity index (χ1) is 2.56. The molecule has 0 spiro atoms. The van der Waals surface area contributed by atoms with Crippen LogP contribution >= 0.6 is 0 Å². The van der Waals surface area contributed by atoms with Crippen molar-refractivity contribution in [3.8, 4) is 0 Å². The fraction of sp³-hybridized carbons (Fsp3) is 1.00. The van der Waals surface area contributed by atoms with E-state index in [2.05, 4.69) is 4.43 Å². The zero-order valence-electron chi connectivity index (χ0n) is 5.96. The summed E-state index contributed by atoms with van der Waals surface area (Å²) < 4.78 is 3.74. The van der Waals surface area contributed by atoms with Gasteiger partial charge in [-0.1, -0.05) is 0 Å². The van der Waals surface area contributed by atoms with Crippen molar-refractivity contribution in [1.29, 1.82) is 0 Å². The largest absolute Gasteiger partial charge is 2.00 e. The smallest absolute Gasteiger partial charge is 1.00 e. The van der Waals surface area contributed by atoms with Crippen LogP contribution in [-0.4, -0.2) is 68.3 Å². The van der Waals surface area contributed by atoms with E-state index < -0.39 is 9.05 Å². The van der Waals surface area contributed by atoms with Crippen LogP contribution in [0.15, 0.2) is 0 Å². The fourth-order valence-electron chi connectivity index (χ4n) is 0. The van der Waals surface area contributed by atoms with Gasteiger partial charge in [-0.2, -0.15) is 0 Å². The molecule has 0 aliphatic carbocycles. The maximum absolute atomic E-state index is 7.85. The molecule has 0 aromatic carbocycles. The molecule has 0 rings (SSSR count). The van der Waals surface area contributed by atoms with Crippen LogP contribution in [0, 0.1) is 0 Å². The minimum atomic E-state index is -4.13. The molecular weight excluding hydrogens is 144 g/mol. The molecule has 0 aromatic rings. The molecule has 0 unspecified atom stereocenters. The van der Waals surface area contributed by atoms with Gasteiger partial charge in [-0.05, 0) is 0 Å². The molecule has 0 saturated heterocycles. The SMILES string of the molecule is CO[Si](O)(O)O.[Ca+2].[H-].[H-]. The van der Waals surface area contributed by atoms with Crippen molar-refractivity contribution in [1.82, 2.24) is 0 Å². The van der Waals surface area contributed by atoms with E-state index in [1.807, 2.05) is 0 Å². The van der Waals surface area contributed by atoms with Crippen molar-refractivity contribution >= 4 is 46.8 Å². The van der Waals surface area contributed by atoms with E-state index in [4.69, 9.17) is 14.4 Å². The Morgan fingerprint density at radius 3 is 1.57 bits per heavy atom. The van der Waals surface area contributed by atoms with E-state index in [-0.39, 0.29) is 40.6 Å². The normalized spacial score (nSPS) is 10.3. The quantitative estimate of drug-likeness (QED) is 0.376. The Labute approximate surface area is 75.2 Å². The predicted molar refractivity (Wildman–Crippen MR) is 27.4 cm³/mol. The van der Waals surface area contributed by atoms with E-state index in [0.29, 0.717) is 0 Å². The molecule has 6 heteroatoms. The topological polar surface area (TPSA) is 69.9 Å². The van der Waals surface area contributed by atoms with Crippen molar-refractivity contribution < 1.29 is 21.7 Å². The second-order valence-corrected chi connectivity index (χ2v) is 2.33. The van der Waals surface area contributed by atoms with Crippen molar-refractivity contribution in [3.63, 3.8) is 0 Å². The number of hydrogen-bond donors (Lipinski definition) is 3. The molecule has 3 N–H and O–H groups in total. The van der Waals surface area contributed by atoms with Crippen LogP contribution in [0.5, 0.6) is 0 Å². The van der Waals surface area contributed by atoms with Crippen LogP contribution in [-0.2, 0) is 4.43 Å². The molecule has 0 amide bonds. The summed E-state index contributed by atoms with van der Waals surface area (Å²) in [6, 6.07) is 0. The molecule has 0 saturated carbocycles. The molecule has 0 fully saturated rings. The molecule has 42 valence electrons. The van der Waals surface area contributed by atoms with Crippen molar-refractivity contribution in [2.45, 2.75) is 0 Å². The summed E-state index contributed by atoms with van der Waals surface area (Å²) in [6.45, 7) is 0. The first-order valence-corrected chi connectivity index (χ1v) is 3.03. The maximum atomic E-state index is 7.85. The third kappa shape index (κ3) is 11.1. The van der Waals surface area contributed by atoms with Crippen molar-refractivity contribution in [2.75, 3.05) is 7.11 Å². The van der Waals surface area contributed by atoms with Crippen molar-refractivity contribution in [2.24, 2.45) is 0 Å². The zero-order valence-corrected chi connectivity index (χ0v) is 7.17. The Bertz CT molecular complexity index is 48.3. The Hall–Kier alpha value is 1.32. The van der Waals surface area contributed by atoms with Gasteiger partial charge in [0.05, 0.1) is 0 Å². The standard InChI is InChI=1S/CH6O4Si.Ca.2H/c1-5-6(2,3)4;;;/h2-4H,1H3;;;/q;+2;2*-1. The van der Waals surface area contributed by atoms with Gasteiger partial charge < -0.3 is 21.7 Å².